The van der Waals surface area contributed by atoms with Gasteiger partial charge >= 0.3 is 5.97 Å². The fourth-order valence-electron chi connectivity index (χ4n) is 3.30. The van der Waals surface area contributed by atoms with Gasteiger partial charge in [-0.05, 0) is 25.0 Å². The molecule has 13 nitrogen and oxygen atoms in total. The Kier molecular flexibility index (Phi) is 9.73. The van der Waals surface area contributed by atoms with E-state index in [9.17, 15) is 34.2 Å². The zero-order valence-electron chi connectivity index (χ0n) is 19.1. The Labute approximate surface area is 200 Å². The summed E-state index contributed by atoms with van der Waals surface area (Å²) >= 11 is 0. The largest absolute Gasteiger partial charge is 0.480 e. The van der Waals surface area contributed by atoms with Crippen LogP contribution in [0.4, 0.5) is 0 Å². The van der Waals surface area contributed by atoms with Gasteiger partial charge in [-0.3, -0.25) is 19.2 Å². The summed E-state index contributed by atoms with van der Waals surface area (Å²) in [5.41, 5.74) is 12.2. The minimum atomic E-state index is -1.42. The Balaban J connectivity index is 1.95. The number of aliphatic hydroxyl groups excluding tert-OH is 1. The number of fused-ring (bicyclic) bond motifs is 1. The maximum Gasteiger partial charge on any atom is 0.326 e. The van der Waals surface area contributed by atoms with E-state index in [0.717, 1.165) is 10.9 Å². The van der Waals surface area contributed by atoms with Crippen molar-refractivity contribution in [3.8, 4) is 0 Å². The van der Waals surface area contributed by atoms with Gasteiger partial charge in [-0.25, -0.2) is 4.79 Å². The molecule has 0 saturated carbocycles. The number of H-pyrrole nitrogens is 1. The van der Waals surface area contributed by atoms with Crippen LogP contribution in [0.3, 0.4) is 0 Å². The first-order valence-electron chi connectivity index (χ1n) is 10.9. The number of hydrogen-bond acceptors (Lipinski definition) is 7. The number of hydrogen-bond donors (Lipinski definition) is 8. The van der Waals surface area contributed by atoms with Crippen LogP contribution >= 0.6 is 0 Å². The number of carboxylic acids is 1. The molecule has 1 aromatic heterocycles. The third-order valence-corrected chi connectivity index (χ3v) is 5.32. The summed E-state index contributed by atoms with van der Waals surface area (Å²) in [5.74, 6) is -4.34. The highest BCUT2D eigenvalue weighted by Crippen LogP contribution is 2.19. The number of nitrogens with two attached hydrogens (primary N) is 2. The molecule has 4 atom stereocenters. The van der Waals surface area contributed by atoms with E-state index < -0.39 is 60.4 Å². The van der Waals surface area contributed by atoms with Gasteiger partial charge in [0.15, 0.2) is 0 Å². The van der Waals surface area contributed by atoms with Crippen molar-refractivity contribution in [3.63, 3.8) is 0 Å². The zero-order valence-corrected chi connectivity index (χ0v) is 19.1. The summed E-state index contributed by atoms with van der Waals surface area (Å²) in [6.45, 7) is 0.541. The van der Waals surface area contributed by atoms with E-state index in [4.69, 9.17) is 11.5 Å². The third kappa shape index (κ3) is 7.79. The molecule has 35 heavy (non-hydrogen) atoms. The Morgan fingerprint density at radius 2 is 1.66 bits per heavy atom. The van der Waals surface area contributed by atoms with Crippen molar-refractivity contribution in [1.82, 2.24) is 20.9 Å². The average Bonchev–Trinajstić information content (AvgIpc) is 3.22. The Morgan fingerprint density at radius 3 is 2.29 bits per heavy atom. The molecular weight excluding hydrogens is 460 g/mol. The molecule has 0 bridgehead atoms. The number of nitrogens with one attached hydrogen (secondary N) is 4. The number of carbonyl (C=O) groups is 5. The van der Waals surface area contributed by atoms with Gasteiger partial charge in [0.2, 0.25) is 23.6 Å². The van der Waals surface area contributed by atoms with Crippen molar-refractivity contribution in [3.05, 3.63) is 36.0 Å². The fourth-order valence-corrected chi connectivity index (χ4v) is 3.30. The first-order chi connectivity index (χ1) is 16.5. The van der Waals surface area contributed by atoms with E-state index in [1.807, 2.05) is 24.3 Å². The molecule has 0 fully saturated rings. The molecule has 0 aliphatic heterocycles. The maximum absolute atomic E-state index is 12.6. The molecule has 1 aromatic carbocycles. The second kappa shape index (κ2) is 12.5. The predicted octanol–water partition coefficient (Wildman–Crippen LogP) is -2.15. The first-order valence-corrected chi connectivity index (χ1v) is 10.9. The maximum atomic E-state index is 12.6. The second-order valence-electron chi connectivity index (χ2n) is 8.05. The smallest absolute Gasteiger partial charge is 0.326 e. The summed E-state index contributed by atoms with van der Waals surface area (Å²) in [4.78, 5) is 62.7. The van der Waals surface area contributed by atoms with Gasteiger partial charge in [0, 0.05) is 29.9 Å². The number of para-hydroxylation sites is 1. The zero-order chi connectivity index (χ0) is 26.1. The molecule has 1 heterocycles. The number of aliphatic carboxylic acids is 1. The minimum absolute atomic E-state index is 0.00423. The summed E-state index contributed by atoms with van der Waals surface area (Å²) in [7, 11) is 0. The summed E-state index contributed by atoms with van der Waals surface area (Å²) in [5, 5.41) is 26.8. The van der Waals surface area contributed by atoms with Gasteiger partial charge in [-0.15, -0.1) is 0 Å². The predicted molar refractivity (Wildman–Crippen MR) is 125 cm³/mol. The number of rotatable bonds is 13. The third-order valence-electron chi connectivity index (χ3n) is 5.32. The highest BCUT2D eigenvalue weighted by molar-refractivity contribution is 5.94. The van der Waals surface area contributed by atoms with Crippen LogP contribution in [0, 0.1) is 0 Å². The number of primary amides is 1. The lowest BCUT2D eigenvalue weighted by molar-refractivity contribution is -0.142. The van der Waals surface area contributed by atoms with Crippen LogP contribution < -0.4 is 27.4 Å². The molecule has 13 heteroatoms. The van der Waals surface area contributed by atoms with Gasteiger partial charge < -0.3 is 42.6 Å². The van der Waals surface area contributed by atoms with Crippen LogP contribution in [0.5, 0.6) is 0 Å². The number of aromatic nitrogens is 1. The van der Waals surface area contributed by atoms with Crippen molar-refractivity contribution in [2.24, 2.45) is 11.5 Å². The molecular formula is C22H30N6O7. The molecule has 190 valence electrons. The molecule has 0 spiro atoms. The van der Waals surface area contributed by atoms with Crippen LogP contribution in [0.15, 0.2) is 30.5 Å². The summed E-state index contributed by atoms with van der Waals surface area (Å²) in [6, 6.07) is 2.32. The SMILES string of the molecule is CC(NC(=O)C(CO)NC(=O)C(N)CCC(N)=O)C(=O)NC(Cc1c[nH]c2ccccc12)C(=O)O. The number of carbonyl (C=O) groups excluding carboxylic acids is 4. The molecule has 10 N–H and O–H groups in total. The van der Waals surface area contributed by atoms with Crippen molar-refractivity contribution in [2.45, 2.75) is 50.4 Å². The Morgan fingerprint density at radius 1 is 1.00 bits per heavy atom. The fraction of sp³-hybridized carbons (Fsp3) is 0.409. The first kappa shape index (κ1) is 27.3. The van der Waals surface area contributed by atoms with Gasteiger partial charge in [-0.2, -0.15) is 0 Å². The lowest BCUT2D eigenvalue weighted by Gasteiger charge is -2.22. The number of carboxylic acid groups (broad SMARTS) is 1. The van der Waals surface area contributed by atoms with Crippen LogP contribution in [0.25, 0.3) is 10.9 Å². The summed E-state index contributed by atoms with van der Waals surface area (Å²) in [6.07, 6.45) is 1.49. The normalized spacial score (nSPS) is 14.4. The van der Waals surface area contributed by atoms with Crippen molar-refractivity contribution in [2.75, 3.05) is 6.61 Å². The van der Waals surface area contributed by atoms with Crippen molar-refractivity contribution in [1.29, 1.82) is 0 Å². The average molecular weight is 491 g/mol. The van der Waals surface area contributed by atoms with Crippen LogP contribution in [0.2, 0.25) is 0 Å². The number of aliphatic hydroxyl groups is 1. The van der Waals surface area contributed by atoms with Gasteiger partial charge in [0.25, 0.3) is 0 Å². The van der Waals surface area contributed by atoms with E-state index in [-0.39, 0.29) is 19.3 Å². The van der Waals surface area contributed by atoms with Crippen LogP contribution in [-0.2, 0) is 30.4 Å². The molecule has 0 saturated heterocycles. The van der Waals surface area contributed by atoms with E-state index in [2.05, 4.69) is 20.9 Å². The minimum Gasteiger partial charge on any atom is -0.480 e. The molecule has 2 rings (SSSR count). The highest BCUT2D eigenvalue weighted by atomic mass is 16.4. The monoisotopic (exact) mass is 490 g/mol. The van der Waals surface area contributed by atoms with E-state index in [0.29, 0.717) is 5.56 Å². The quantitative estimate of drug-likeness (QED) is 0.154. The van der Waals surface area contributed by atoms with Gasteiger partial charge in [0.1, 0.15) is 18.1 Å². The molecule has 0 aliphatic rings. The molecule has 0 radical (unpaired) electrons. The van der Waals surface area contributed by atoms with E-state index >= 15 is 0 Å². The second-order valence-corrected chi connectivity index (χ2v) is 8.05. The Bertz CT molecular complexity index is 1090. The molecule has 4 amide bonds. The van der Waals surface area contributed by atoms with E-state index in [1.54, 1.807) is 6.20 Å². The van der Waals surface area contributed by atoms with Crippen LogP contribution in [0.1, 0.15) is 25.3 Å². The van der Waals surface area contributed by atoms with Crippen molar-refractivity contribution >= 4 is 40.5 Å². The van der Waals surface area contributed by atoms with Gasteiger partial charge in [-0.1, -0.05) is 18.2 Å². The van der Waals surface area contributed by atoms with Crippen molar-refractivity contribution < 1.29 is 34.2 Å². The number of benzene rings is 1. The lowest BCUT2D eigenvalue weighted by atomic mass is 10.0. The number of aromatic amines is 1. The summed E-state index contributed by atoms with van der Waals surface area (Å²) < 4.78 is 0. The lowest BCUT2D eigenvalue weighted by Crippen LogP contribution is -2.57. The van der Waals surface area contributed by atoms with Gasteiger partial charge in [0.05, 0.1) is 12.6 Å². The van der Waals surface area contributed by atoms with Crippen LogP contribution in [-0.4, -0.2) is 75.6 Å². The topological polar surface area (TPSA) is 230 Å². The number of amides is 4. The molecule has 0 aliphatic carbocycles. The standard InChI is InChI=1S/C22H30N6O7/c1-11(26-21(33)17(10-29)28-20(32)14(23)6-7-18(24)30)19(31)27-16(22(34)35)8-12-9-25-15-5-3-2-4-13(12)15/h2-5,9,11,14,16-17,25,29H,6-8,10,23H2,1H3,(H2,24,30)(H,26,33)(H,27,31)(H,28,32)(H,34,35). The highest BCUT2D eigenvalue weighted by Gasteiger charge is 2.28. The van der Waals surface area contributed by atoms with E-state index in [1.165, 1.54) is 6.92 Å². The molecule has 2 aromatic rings. The Hall–Kier alpha value is -3.97. The molecule has 4 unspecified atom stereocenters.